The Bertz CT molecular complexity index is 670. The van der Waals surface area contributed by atoms with Gasteiger partial charge in [-0.25, -0.2) is 0 Å². The molecule has 1 atom stereocenters. The first-order chi connectivity index (χ1) is 11.7. The van der Waals surface area contributed by atoms with Gasteiger partial charge in [0.15, 0.2) is 0 Å². The molecule has 3 nitrogen and oxygen atoms in total. The van der Waals surface area contributed by atoms with Crippen molar-refractivity contribution in [1.29, 1.82) is 0 Å². The highest BCUT2D eigenvalue weighted by Crippen LogP contribution is 2.32. The van der Waals surface area contributed by atoms with E-state index in [4.69, 9.17) is 4.74 Å². The van der Waals surface area contributed by atoms with Gasteiger partial charge in [0.1, 0.15) is 12.4 Å². The fourth-order valence-electron chi connectivity index (χ4n) is 3.07. The Kier molecular flexibility index (Phi) is 5.82. The Morgan fingerprint density at radius 3 is 2.67 bits per heavy atom. The third-order valence-corrected chi connectivity index (χ3v) is 5.17. The van der Waals surface area contributed by atoms with Crippen molar-refractivity contribution >= 4 is 11.8 Å². The first-order valence-corrected chi connectivity index (χ1v) is 9.67. The zero-order valence-electron chi connectivity index (χ0n) is 14.7. The summed E-state index contributed by atoms with van der Waals surface area (Å²) in [6, 6.07) is 15.7. The topological polar surface area (TPSA) is 24.5 Å². The molecule has 1 aliphatic heterocycles. The van der Waals surface area contributed by atoms with Crippen LogP contribution in [0.1, 0.15) is 22.7 Å². The second-order valence-corrected chi connectivity index (χ2v) is 7.30. The highest BCUT2D eigenvalue weighted by atomic mass is 32.2. The Balaban J connectivity index is 1.77. The van der Waals surface area contributed by atoms with Crippen LogP contribution in [0.25, 0.3) is 0 Å². The molecule has 0 saturated carbocycles. The number of benzene rings is 2. The molecule has 0 bridgehead atoms. The summed E-state index contributed by atoms with van der Waals surface area (Å²) in [7, 11) is 4.13. The van der Waals surface area contributed by atoms with Gasteiger partial charge in [-0.05, 0) is 67.7 Å². The van der Waals surface area contributed by atoms with Crippen molar-refractivity contribution in [2.45, 2.75) is 17.4 Å². The molecule has 1 heterocycles. The molecule has 4 heteroatoms. The van der Waals surface area contributed by atoms with Crippen molar-refractivity contribution in [3.63, 3.8) is 0 Å². The van der Waals surface area contributed by atoms with Crippen molar-refractivity contribution in [3.05, 3.63) is 59.2 Å². The van der Waals surface area contributed by atoms with E-state index >= 15 is 0 Å². The molecule has 2 aromatic rings. The molecule has 0 aliphatic carbocycles. The highest BCUT2D eigenvalue weighted by molar-refractivity contribution is 7.98. The Hall–Kier alpha value is -1.49. The SMILES string of the molecule is CSc1ccc(C2NCCc3cc(OCCN(C)C)ccc32)cc1. The predicted octanol–water partition coefficient (Wildman–Crippen LogP) is 3.58. The van der Waals surface area contributed by atoms with E-state index in [0.29, 0.717) is 0 Å². The summed E-state index contributed by atoms with van der Waals surface area (Å²) in [5, 5.41) is 3.65. The van der Waals surface area contributed by atoms with Crippen LogP contribution in [-0.2, 0) is 6.42 Å². The third kappa shape index (κ3) is 4.12. The van der Waals surface area contributed by atoms with Crippen molar-refractivity contribution in [3.8, 4) is 5.75 Å². The molecular formula is C20H26N2OS. The lowest BCUT2D eigenvalue weighted by molar-refractivity contribution is 0.261. The van der Waals surface area contributed by atoms with Crippen molar-refractivity contribution in [2.75, 3.05) is 40.0 Å². The monoisotopic (exact) mass is 342 g/mol. The molecule has 24 heavy (non-hydrogen) atoms. The number of thioether (sulfide) groups is 1. The van der Waals surface area contributed by atoms with E-state index in [-0.39, 0.29) is 6.04 Å². The van der Waals surface area contributed by atoms with Crippen LogP contribution >= 0.6 is 11.8 Å². The van der Waals surface area contributed by atoms with E-state index in [0.717, 1.165) is 31.9 Å². The number of nitrogens with one attached hydrogen (secondary N) is 1. The number of hydrogen-bond acceptors (Lipinski definition) is 4. The summed E-state index contributed by atoms with van der Waals surface area (Å²) in [4.78, 5) is 3.44. The zero-order valence-corrected chi connectivity index (χ0v) is 15.5. The smallest absolute Gasteiger partial charge is 0.119 e. The number of likely N-dealkylation sites (N-methyl/N-ethyl adjacent to an activating group) is 1. The molecule has 0 aromatic heterocycles. The van der Waals surface area contributed by atoms with E-state index in [1.54, 1.807) is 11.8 Å². The van der Waals surface area contributed by atoms with Crippen LogP contribution < -0.4 is 10.1 Å². The van der Waals surface area contributed by atoms with Crippen LogP contribution in [0.15, 0.2) is 47.4 Å². The molecule has 3 rings (SSSR count). The standard InChI is InChI=1S/C20H26N2OS/c1-22(2)12-13-23-17-6-9-19-16(14-17)10-11-21-20(19)15-4-7-18(24-3)8-5-15/h4-9,14,20-21H,10-13H2,1-3H3. The van der Waals surface area contributed by atoms with Crippen LogP contribution in [-0.4, -0.2) is 44.9 Å². The number of rotatable bonds is 6. The molecule has 128 valence electrons. The fraction of sp³-hybridized carbons (Fsp3) is 0.400. The maximum atomic E-state index is 5.89. The quantitative estimate of drug-likeness (QED) is 0.811. The van der Waals surface area contributed by atoms with Crippen LogP contribution in [0.3, 0.4) is 0 Å². The summed E-state index contributed by atoms with van der Waals surface area (Å²) >= 11 is 1.78. The Morgan fingerprint density at radius 1 is 1.17 bits per heavy atom. The second-order valence-electron chi connectivity index (χ2n) is 6.42. The minimum Gasteiger partial charge on any atom is -0.492 e. The predicted molar refractivity (Wildman–Crippen MR) is 102 cm³/mol. The molecule has 1 N–H and O–H groups in total. The lowest BCUT2D eigenvalue weighted by Gasteiger charge is -2.28. The molecule has 2 aromatic carbocycles. The molecule has 1 unspecified atom stereocenters. The van der Waals surface area contributed by atoms with Gasteiger partial charge in [0.25, 0.3) is 0 Å². The van der Waals surface area contributed by atoms with Crippen LogP contribution in [0.5, 0.6) is 5.75 Å². The minimum absolute atomic E-state index is 0.278. The van der Waals surface area contributed by atoms with E-state index in [1.165, 1.54) is 21.6 Å². The van der Waals surface area contributed by atoms with Crippen LogP contribution in [0.2, 0.25) is 0 Å². The van der Waals surface area contributed by atoms with Gasteiger partial charge >= 0.3 is 0 Å². The third-order valence-electron chi connectivity index (χ3n) is 4.42. The first-order valence-electron chi connectivity index (χ1n) is 8.45. The maximum absolute atomic E-state index is 5.89. The highest BCUT2D eigenvalue weighted by Gasteiger charge is 2.21. The number of nitrogens with zero attached hydrogens (tertiary/aromatic N) is 1. The lowest BCUT2D eigenvalue weighted by Crippen LogP contribution is -2.30. The van der Waals surface area contributed by atoms with Gasteiger partial charge in [0.05, 0.1) is 6.04 Å². The van der Waals surface area contributed by atoms with Crippen LogP contribution in [0, 0.1) is 0 Å². The summed E-state index contributed by atoms with van der Waals surface area (Å²) in [5.74, 6) is 0.981. The van der Waals surface area contributed by atoms with E-state index in [9.17, 15) is 0 Å². The van der Waals surface area contributed by atoms with E-state index < -0.39 is 0 Å². The van der Waals surface area contributed by atoms with E-state index in [1.807, 2.05) is 0 Å². The lowest BCUT2D eigenvalue weighted by atomic mass is 9.90. The number of fused-ring (bicyclic) bond motifs is 1. The largest absolute Gasteiger partial charge is 0.492 e. The Labute approximate surface area is 149 Å². The molecule has 0 spiro atoms. The van der Waals surface area contributed by atoms with Crippen LogP contribution in [0.4, 0.5) is 0 Å². The molecule has 0 fully saturated rings. The molecule has 0 amide bonds. The van der Waals surface area contributed by atoms with Gasteiger partial charge in [-0.15, -0.1) is 11.8 Å². The minimum atomic E-state index is 0.278. The summed E-state index contributed by atoms with van der Waals surface area (Å²) in [6.07, 6.45) is 3.17. The summed E-state index contributed by atoms with van der Waals surface area (Å²) in [6.45, 7) is 2.66. The average Bonchev–Trinajstić information content (AvgIpc) is 2.61. The Morgan fingerprint density at radius 2 is 1.96 bits per heavy atom. The maximum Gasteiger partial charge on any atom is 0.119 e. The molecule has 1 aliphatic rings. The number of hydrogen-bond donors (Lipinski definition) is 1. The fourth-order valence-corrected chi connectivity index (χ4v) is 3.48. The van der Waals surface area contributed by atoms with Gasteiger partial charge in [-0.2, -0.15) is 0 Å². The first kappa shape index (κ1) is 17.3. The number of ether oxygens (including phenoxy) is 1. The molecule has 0 saturated heterocycles. The van der Waals surface area contributed by atoms with Crippen molar-refractivity contribution in [2.24, 2.45) is 0 Å². The van der Waals surface area contributed by atoms with Crippen molar-refractivity contribution in [1.82, 2.24) is 10.2 Å². The van der Waals surface area contributed by atoms with Gasteiger partial charge in [-0.1, -0.05) is 18.2 Å². The van der Waals surface area contributed by atoms with Gasteiger partial charge in [-0.3, -0.25) is 0 Å². The normalized spacial score (nSPS) is 16.9. The summed E-state index contributed by atoms with van der Waals surface area (Å²) < 4.78 is 5.89. The summed E-state index contributed by atoms with van der Waals surface area (Å²) in [5.41, 5.74) is 4.10. The second kappa shape index (κ2) is 8.06. The zero-order chi connectivity index (χ0) is 16.9. The molecular weight excluding hydrogens is 316 g/mol. The van der Waals surface area contributed by atoms with Gasteiger partial charge < -0.3 is 15.0 Å². The molecule has 0 radical (unpaired) electrons. The van der Waals surface area contributed by atoms with Gasteiger partial charge in [0.2, 0.25) is 0 Å². The van der Waals surface area contributed by atoms with Crippen molar-refractivity contribution < 1.29 is 4.74 Å². The van der Waals surface area contributed by atoms with E-state index in [2.05, 4.69) is 73.0 Å². The average molecular weight is 343 g/mol. The van der Waals surface area contributed by atoms with Gasteiger partial charge in [0, 0.05) is 18.0 Å².